The summed E-state index contributed by atoms with van der Waals surface area (Å²) >= 11 is 0. The van der Waals surface area contributed by atoms with Crippen molar-refractivity contribution in [3.8, 4) is 0 Å². The van der Waals surface area contributed by atoms with Crippen LogP contribution in [0.3, 0.4) is 0 Å². The van der Waals surface area contributed by atoms with Crippen molar-refractivity contribution >= 4 is 17.5 Å². The summed E-state index contributed by atoms with van der Waals surface area (Å²) in [6, 6.07) is 7.68. The lowest BCUT2D eigenvalue weighted by atomic mass is 9.85. The van der Waals surface area contributed by atoms with Crippen molar-refractivity contribution in [2.24, 2.45) is 29.1 Å². The SMILES string of the molecule is Cc1ccc(N2C(=O)[C@@H]3[C@@H](C2=O)[C@@H]2C=C[C@H]3C23CC3)cc1. The Morgan fingerprint density at radius 2 is 1.48 bits per heavy atom. The smallest absolute Gasteiger partial charge is 0.238 e. The zero-order chi connectivity index (χ0) is 14.4. The van der Waals surface area contributed by atoms with Gasteiger partial charge in [-0.2, -0.15) is 0 Å². The summed E-state index contributed by atoms with van der Waals surface area (Å²) in [5.74, 6) is 0.459. The molecule has 3 fully saturated rings. The molecule has 5 rings (SSSR count). The molecule has 2 amide bonds. The number of allylic oxidation sites excluding steroid dienone is 2. The van der Waals surface area contributed by atoms with E-state index in [-0.39, 0.29) is 29.1 Å². The van der Waals surface area contributed by atoms with Gasteiger partial charge in [0.1, 0.15) is 0 Å². The van der Waals surface area contributed by atoms with E-state index in [1.165, 1.54) is 17.7 Å². The lowest BCUT2D eigenvalue weighted by Crippen LogP contribution is -2.34. The molecular formula is C18H17NO2. The maximum atomic E-state index is 12.9. The van der Waals surface area contributed by atoms with Crippen LogP contribution >= 0.6 is 0 Å². The highest BCUT2D eigenvalue weighted by Crippen LogP contribution is 2.73. The number of rotatable bonds is 1. The maximum Gasteiger partial charge on any atom is 0.238 e. The van der Waals surface area contributed by atoms with Gasteiger partial charge in [0, 0.05) is 0 Å². The molecule has 1 aromatic rings. The van der Waals surface area contributed by atoms with Gasteiger partial charge in [0.05, 0.1) is 17.5 Å². The lowest BCUT2D eigenvalue weighted by Gasteiger charge is -2.21. The summed E-state index contributed by atoms with van der Waals surface area (Å²) < 4.78 is 0. The van der Waals surface area contributed by atoms with Crippen LogP contribution < -0.4 is 4.90 Å². The molecule has 106 valence electrons. The Morgan fingerprint density at radius 3 is 1.95 bits per heavy atom. The molecule has 1 spiro atoms. The highest BCUT2D eigenvalue weighted by atomic mass is 16.2. The van der Waals surface area contributed by atoms with Crippen molar-refractivity contribution in [3.63, 3.8) is 0 Å². The van der Waals surface area contributed by atoms with E-state index in [4.69, 9.17) is 0 Å². The summed E-state index contributed by atoms with van der Waals surface area (Å²) in [6.45, 7) is 2.01. The Balaban J connectivity index is 1.57. The predicted molar refractivity (Wildman–Crippen MR) is 78.4 cm³/mol. The second kappa shape index (κ2) is 3.46. The molecule has 0 aromatic heterocycles. The van der Waals surface area contributed by atoms with Gasteiger partial charge in [0.25, 0.3) is 0 Å². The minimum Gasteiger partial charge on any atom is -0.274 e. The minimum atomic E-state index is -0.101. The number of carbonyl (C=O) groups excluding carboxylic acids is 2. The van der Waals surface area contributed by atoms with E-state index in [1.807, 2.05) is 31.2 Å². The van der Waals surface area contributed by atoms with Crippen LogP contribution in [0.25, 0.3) is 0 Å². The molecule has 2 saturated carbocycles. The molecule has 1 heterocycles. The zero-order valence-corrected chi connectivity index (χ0v) is 12.0. The molecule has 2 bridgehead atoms. The number of hydrogen-bond donors (Lipinski definition) is 0. The van der Waals surface area contributed by atoms with Crippen LogP contribution in [0.4, 0.5) is 5.69 Å². The topological polar surface area (TPSA) is 37.4 Å². The third-order valence-corrected chi connectivity index (χ3v) is 6.14. The van der Waals surface area contributed by atoms with Crippen molar-refractivity contribution in [1.29, 1.82) is 0 Å². The molecule has 3 aliphatic carbocycles. The first kappa shape index (κ1) is 11.7. The fourth-order valence-corrected chi connectivity index (χ4v) is 5.03. The summed E-state index contributed by atoms with van der Waals surface area (Å²) in [7, 11) is 0. The van der Waals surface area contributed by atoms with Crippen LogP contribution in [-0.4, -0.2) is 11.8 Å². The first-order valence-corrected chi connectivity index (χ1v) is 7.76. The number of fused-ring (bicyclic) bond motifs is 3. The second-order valence-electron chi connectivity index (χ2n) is 7.07. The number of anilines is 1. The first-order valence-electron chi connectivity index (χ1n) is 7.76. The summed E-state index contributed by atoms with van der Waals surface area (Å²) in [5.41, 5.74) is 2.14. The molecule has 3 nitrogen and oxygen atoms in total. The monoisotopic (exact) mass is 279 g/mol. The highest BCUT2D eigenvalue weighted by Gasteiger charge is 2.73. The predicted octanol–water partition coefficient (Wildman–Crippen LogP) is 2.70. The normalized spacial score (nSPS) is 37.7. The van der Waals surface area contributed by atoms with Gasteiger partial charge in [-0.3, -0.25) is 14.5 Å². The largest absolute Gasteiger partial charge is 0.274 e. The Bertz CT molecular complexity index is 664. The average molecular weight is 279 g/mol. The molecule has 3 heteroatoms. The number of imide groups is 1. The Kier molecular flexibility index (Phi) is 1.93. The second-order valence-corrected chi connectivity index (χ2v) is 7.07. The summed E-state index contributed by atoms with van der Waals surface area (Å²) in [5, 5.41) is 0. The third-order valence-electron chi connectivity index (χ3n) is 6.14. The van der Waals surface area contributed by atoms with E-state index in [1.54, 1.807) is 0 Å². The van der Waals surface area contributed by atoms with Gasteiger partial charge in [-0.05, 0) is 49.1 Å². The van der Waals surface area contributed by atoms with Crippen molar-refractivity contribution in [1.82, 2.24) is 0 Å². The molecule has 4 atom stereocenters. The van der Waals surface area contributed by atoms with Crippen molar-refractivity contribution in [3.05, 3.63) is 42.0 Å². The Labute approximate surface area is 123 Å². The van der Waals surface area contributed by atoms with Crippen molar-refractivity contribution < 1.29 is 9.59 Å². The number of hydrogen-bond acceptors (Lipinski definition) is 2. The molecule has 0 N–H and O–H groups in total. The Hall–Kier alpha value is -1.90. The van der Waals surface area contributed by atoms with Crippen LogP contribution in [0.1, 0.15) is 18.4 Å². The molecular weight excluding hydrogens is 262 g/mol. The van der Waals surface area contributed by atoms with Crippen LogP contribution in [0.5, 0.6) is 0 Å². The van der Waals surface area contributed by atoms with Gasteiger partial charge in [-0.1, -0.05) is 29.8 Å². The van der Waals surface area contributed by atoms with Crippen LogP contribution in [0, 0.1) is 36.0 Å². The van der Waals surface area contributed by atoms with Crippen LogP contribution in [0.15, 0.2) is 36.4 Å². The quantitative estimate of drug-likeness (QED) is 0.585. The van der Waals surface area contributed by atoms with E-state index in [2.05, 4.69) is 12.2 Å². The fraction of sp³-hybridized carbons (Fsp3) is 0.444. The molecule has 0 radical (unpaired) electrons. The van der Waals surface area contributed by atoms with Gasteiger partial charge in [0.15, 0.2) is 0 Å². The average Bonchev–Trinajstić information content (AvgIpc) is 3.07. The van der Waals surface area contributed by atoms with Crippen LogP contribution in [0.2, 0.25) is 0 Å². The van der Waals surface area contributed by atoms with E-state index < -0.39 is 0 Å². The standard InChI is InChI=1S/C18H17NO2/c1-10-2-4-11(5-3-10)19-16(20)14-12-6-7-13(15(14)17(19)21)18(12)8-9-18/h2-7,12-15H,8-9H2,1H3/t12-,13+,14-,15-/m0/s1. The Morgan fingerprint density at radius 1 is 0.952 bits per heavy atom. The van der Waals surface area contributed by atoms with Crippen molar-refractivity contribution in [2.45, 2.75) is 19.8 Å². The molecule has 1 aromatic carbocycles. The van der Waals surface area contributed by atoms with Gasteiger partial charge in [-0.25, -0.2) is 0 Å². The lowest BCUT2D eigenvalue weighted by molar-refractivity contribution is -0.123. The molecule has 21 heavy (non-hydrogen) atoms. The van der Waals surface area contributed by atoms with Gasteiger partial charge in [-0.15, -0.1) is 0 Å². The number of aryl methyl sites for hydroxylation is 1. The van der Waals surface area contributed by atoms with Gasteiger partial charge in [0.2, 0.25) is 11.8 Å². The third kappa shape index (κ3) is 1.22. The minimum absolute atomic E-state index is 0.0250. The molecule has 4 aliphatic rings. The van der Waals surface area contributed by atoms with Crippen LogP contribution in [-0.2, 0) is 9.59 Å². The van der Waals surface area contributed by atoms with E-state index in [9.17, 15) is 9.59 Å². The first-order chi connectivity index (χ1) is 10.1. The summed E-state index contributed by atoms with van der Waals surface area (Å²) in [6.07, 6.45) is 6.80. The fourth-order valence-electron chi connectivity index (χ4n) is 5.03. The number of benzene rings is 1. The zero-order valence-electron chi connectivity index (χ0n) is 12.0. The van der Waals surface area contributed by atoms with E-state index >= 15 is 0 Å². The molecule has 1 aliphatic heterocycles. The number of carbonyl (C=O) groups is 2. The van der Waals surface area contributed by atoms with E-state index in [0.717, 1.165) is 11.3 Å². The van der Waals surface area contributed by atoms with Gasteiger partial charge >= 0.3 is 0 Å². The van der Waals surface area contributed by atoms with Gasteiger partial charge < -0.3 is 0 Å². The highest BCUT2D eigenvalue weighted by molar-refractivity contribution is 6.23. The summed E-state index contributed by atoms with van der Waals surface area (Å²) in [4.78, 5) is 27.2. The van der Waals surface area contributed by atoms with E-state index in [0.29, 0.717) is 11.8 Å². The molecule has 0 unspecified atom stereocenters. The molecule has 1 saturated heterocycles. The maximum absolute atomic E-state index is 12.9. The number of nitrogens with zero attached hydrogens (tertiary/aromatic N) is 1. The number of amides is 2. The van der Waals surface area contributed by atoms with Crippen molar-refractivity contribution in [2.75, 3.05) is 4.90 Å².